The molecule has 0 amide bonds. The van der Waals surface area contributed by atoms with Gasteiger partial charge in [-0.3, -0.25) is 0 Å². The first kappa shape index (κ1) is 14.5. The third-order valence-corrected chi connectivity index (χ3v) is 6.10. The molecule has 0 saturated heterocycles. The van der Waals surface area contributed by atoms with Gasteiger partial charge in [0.25, 0.3) is 0 Å². The standard InChI is InChI=1S/C15H9Br2ClOS/c16-11-4-3-8-5-10(2-1-9(8)6-11)14(19)13-7-12(18)15(17)20-13/h1-7,14,19H. The van der Waals surface area contributed by atoms with Crippen molar-refractivity contribution in [3.8, 4) is 0 Å². The average molecular weight is 433 g/mol. The third-order valence-electron chi connectivity index (χ3n) is 3.08. The number of benzene rings is 2. The molecule has 0 saturated carbocycles. The Balaban J connectivity index is 2.03. The highest BCUT2D eigenvalue weighted by Gasteiger charge is 2.15. The molecule has 1 nitrogen and oxygen atoms in total. The third kappa shape index (κ3) is 2.81. The maximum Gasteiger partial charge on any atom is 0.113 e. The van der Waals surface area contributed by atoms with Crippen molar-refractivity contribution in [2.24, 2.45) is 0 Å². The molecule has 0 aliphatic heterocycles. The Morgan fingerprint density at radius 1 is 1.00 bits per heavy atom. The van der Waals surface area contributed by atoms with Crippen molar-refractivity contribution in [3.63, 3.8) is 0 Å². The summed E-state index contributed by atoms with van der Waals surface area (Å²) < 4.78 is 1.89. The van der Waals surface area contributed by atoms with E-state index in [-0.39, 0.29) is 0 Å². The molecule has 2 aromatic carbocycles. The Morgan fingerprint density at radius 2 is 1.70 bits per heavy atom. The lowest BCUT2D eigenvalue weighted by atomic mass is 10.0. The number of hydrogen-bond acceptors (Lipinski definition) is 2. The molecule has 0 fully saturated rings. The van der Waals surface area contributed by atoms with E-state index in [1.165, 1.54) is 11.3 Å². The highest BCUT2D eigenvalue weighted by atomic mass is 79.9. The summed E-state index contributed by atoms with van der Waals surface area (Å²) >= 11 is 14.3. The van der Waals surface area contributed by atoms with Crippen LogP contribution in [0.25, 0.3) is 10.8 Å². The van der Waals surface area contributed by atoms with Gasteiger partial charge in [0.15, 0.2) is 0 Å². The van der Waals surface area contributed by atoms with Gasteiger partial charge >= 0.3 is 0 Å². The first-order chi connectivity index (χ1) is 9.54. The molecule has 1 heterocycles. The van der Waals surface area contributed by atoms with E-state index in [0.717, 1.165) is 29.5 Å². The van der Waals surface area contributed by atoms with Crippen molar-refractivity contribution in [1.29, 1.82) is 0 Å². The minimum absolute atomic E-state index is 0.633. The predicted octanol–water partition coefficient (Wildman–Crippen LogP) is 6.16. The molecule has 1 atom stereocenters. The van der Waals surface area contributed by atoms with Gasteiger partial charge in [-0.25, -0.2) is 0 Å². The smallest absolute Gasteiger partial charge is 0.113 e. The summed E-state index contributed by atoms with van der Waals surface area (Å²) in [6.07, 6.45) is -0.656. The SMILES string of the molecule is OC(c1ccc2cc(Br)ccc2c1)c1cc(Cl)c(Br)s1. The number of aliphatic hydroxyl groups is 1. The van der Waals surface area contributed by atoms with Crippen LogP contribution in [0.15, 0.2) is 50.7 Å². The van der Waals surface area contributed by atoms with Gasteiger partial charge in [-0.1, -0.05) is 45.7 Å². The van der Waals surface area contributed by atoms with E-state index >= 15 is 0 Å². The van der Waals surface area contributed by atoms with Crippen molar-refractivity contribution in [3.05, 3.63) is 66.2 Å². The Labute approximate surface area is 142 Å². The van der Waals surface area contributed by atoms with Crippen LogP contribution in [0.4, 0.5) is 0 Å². The van der Waals surface area contributed by atoms with Gasteiger partial charge in [0.2, 0.25) is 0 Å². The molecule has 0 radical (unpaired) electrons. The molecule has 5 heteroatoms. The largest absolute Gasteiger partial charge is 0.383 e. The first-order valence-electron chi connectivity index (χ1n) is 5.86. The van der Waals surface area contributed by atoms with Gasteiger partial charge in [0.05, 0.1) is 8.81 Å². The molecule has 102 valence electrons. The fourth-order valence-corrected chi connectivity index (χ4v) is 4.21. The molecule has 1 N–H and O–H groups in total. The second-order valence-electron chi connectivity index (χ2n) is 4.42. The van der Waals surface area contributed by atoms with E-state index < -0.39 is 6.10 Å². The van der Waals surface area contributed by atoms with Crippen LogP contribution in [0.1, 0.15) is 16.5 Å². The normalized spacial score (nSPS) is 12.8. The van der Waals surface area contributed by atoms with Crippen LogP contribution in [0, 0.1) is 0 Å². The lowest BCUT2D eigenvalue weighted by Gasteiger charge is -2.10. The second-order valence-corrected chi connectivity index (χ2v) is 8.15. The molecule has 3 aromatic rings. The zero-order valence-electron chi connectivity index (χ0n) is 10.1. The molecule has 0 aliphatic rings. The van der Waals surface area contributed by atoms with E-state index in [0.29, 0.717) is 5.02 Å². The predicted molar refractivity (Wildman–Crippen MR) is 92.7 cm³/mol. The molecule has 20 heavy (non-hydrogen) atoms. The van der Waals surface area contributed by atoms with E-state index in [9.17, 15) is 5.11 Å². The molecule has 0 aliphatic carbocycles. The highest BCUT2D eigenvalue weighted by Crippen LogP contribution is 2.37. The number of rotatable bonds is 2. The Kier molecular flexibility index (Phi) is 4.20. The minimum Gasteiger partial charge on any atom is -0.383 e. The average Bonchev–Trinajstić information content (AvgIpc) is 2.77. The van der Waals surface area contributed by atoms with E-state index in [1.807, 2.05) is 30.3 Å². The molecular formula is C15H9Br2ClOS. The molecular weight excluding hydrogens is 423 g/mol. The lowest BCUT2D eigenvalue weighted by Crippen LogP contribution is -1.96. The maximum absolute atomic E-state index is 10.5. The first-order valence-corrected chi connectivity index (χ1v) is 8.64. The summed E-state index contributed by atoms with van der Waals surface area (Å²) in [6.45, 7) is 0. The van der Waals surface area contributed by atoms with Crippen LogP contribution >= 0.6 is 54.8 Å². The number of fused-ring (bicyclic) bond motifs is 1. The molecule has 1 unspecified atom stereocenters. The van der Waals surface area contributed by atoms with Crippen LogP contribution in [0.3, 0.4) is 0 Å². The minimum atomic E-state index is -0.656. The fourth-order valence-electron chi connectivity index (χ4n) is 2.07. The van der Waals surface area contributed by atoms with Crippen LogP contribution in [-0.2, 0) is 0 Å². The van der Waals surface area contributed by atoms with Crippen molar-refractivity contribution >= 4 is 65.6 Å². The van der Waals surface area contributed by atoms with Crippen molar-refractivity contribution in [2.75, 3.05) is 0 Å². The van der Waals surface area contributed by atoms with Crippen molar-refractivity contribution < 1.29 is 5.11 Å². The summed E-state index contributed by atoms with van der Waals surface area (Å²) in [5.74, 6) is 0. The number of aliphatic hydroxyl groups excluding tert-OH is 1. The van der Waals surface area contributed by atoms with Crippen LogP contribution in [0.5, 0.6) is 0 Å². The van der Waals surface area contributed by atoms with Crippen LogP contribution in [-0.4, -0.2) is 5.11 Å². The van der Waals surface area contributed by atoms with Gasteiger partial charge < -0.3 is 5.11 Å². The van der Waals surface area contributed by atoms with E-state index in [1.54, 1.807) is 6.07 Å². The van der Waals surface area contributed by atoms with Gasteiger partial charge in [-0.2, -0.15) is 0 Å². The Morgan fingerprint density at radius 3 is 2.40 bits per heavy atom. The monoisotopic (exact) mass is 430 g/mol. The topological polar surface area (TPSA) is 20.2 Å². The summed E-state index contributed by atoms with van der Waals surface area (Å²) in [7, 11) is 0. The summed E-state index contributed by atoms with van der Waals surface area (Å²) in [5.41, 5.74) is 0.866. The van der Waals surface area contributed by atoms with Gasteiger partial charge in [-0.15, -0.1) is 11.3 Å². The number of thiophene rings is 1. The fraction of sp³-hybridized carbons (Fsp3) is 0.0667. The molecule has 0 bridgehead atoms. The quantitative estimate of drug-likeness (QED) is 0.514. The summed E-state index contributed by atoms with van der Waals surface area (Å²) in [4.78, 5) is 0.832. The Hall–Kier alpha value is -0.390. The molecule has 1 aromatic heterocycles. The summed E-state index contributed by atoms with van der Waals surface area (Å²) in [6, 6.07) is 13.9. The molecule has 3 rings (SSSR count). The van der Waals surface area contributed by atoms with E-state index in [2.05, 4.69) is 37.9 Å². The molecule has 0 spiro atoms. The maximum atomic E-state index is 10.5. The summed E-state index contributed by atoms with van der Waals surface area (Å²) in [5, 5.41) is 13.3. The zero-order chi connectivity index (χ0) is 14.3. The zero-order valence-corrected chi connectivity index (χ0v) is 14.9. The van der Waals surface area contributed by atoms with Crippen LogP contribution < -0.4 is 0 Å². The van der Waals surface area contributed by atoms with E-state index in [4.69, 9.17) is 11.6 Å². The van der Waals surface area contributed by atoms with Gasteiger partial charge in [-0.05, 0) is 56.5 Å². The van der Waals surface area contributed by atoms with Gasteiger partial charge in [0.1, 0.15) is 6.10 Å². The van der Waals surface area contributed by atoms with Crippen molar-refractivity contribution in [2.45, 2.75) is 6.10 Å². The number of halogens is 3. The lowest BCUT2D eigenvalue weighted by molar-refractivity contribution is 0.224. The second kappa shape index (κ2) is 5.78. The highest BCUT2D eigenvalue weighted by molar-refractivity contribution is 9.11. The number of hydrogen-bond donors (Lipinski definition) is 1. The Bertz CT molecular complexity index is 765. The van der Waals surface area contributed by atoms with Gasteiger partial charge in [0, 0.05) is 9.35 Å². The van der Waals surface area contributed by atoms with Crippen molar-refractivity contribution in [1.82, 2.24) is 0 Å². The van der Waals surface area contributed by atoms with Crippen LogP contribution in [0.2, 0.25) is 5.02 Å².